The van der Waals surface area contributed by atoms with Crippen LogP contribution in [0.25, 0.3) is 0 Å². The van der Waals surface area contributed by atoms with Crippen LogP contribution < -0.4 is 5.32 Å². The predicted molar refractivity (Wildman–Crippen MR) is 92.8 cm³/mol. The quantitative estimate of drug-likeness (QED) is 0.829. The minimum Gasteiger partial charge on any atom is -0.449 e. The first kappa shape index (κ1) is 18.5. The maximum absolute atomic E-state index is 12.4. The Morgan fingerprint density at radius 3 is 2.62 bits per heavy atom. The molecule has 0 radical (unpaired) electrons. The lowest BCUT2D eigenvalue weighted by atomic mass is 9.90. The van der Waals surface area contributed by atoms with E-state index >= 15 is 0 Å². The van der Waals surface area contributed by atoms with Gasteiger partial charge in [0.1, 0.15) is 5.54 Å². The Balaban J connectivity index is 2.03. The molecule has 0 fully saturated rings. The van der Waals surface area contributed by atoms with Gasteiger partial charge in [-0.2, -0.15) is 5.26 Å². The molecule has 0 unspecified atom stereocenters. The van der Waals surface area contributed by atoms with Crippen molar-refractivity contribution in [2.45, 2.75) is 65.0 Å². The SMILES string of the molecule is CC(C)[C@@](C)(C#N)NC(=O)[C@@H](C)OC(=O)c1csc2c1CCCC2. The van der Waals surface area contributed by atoms with Gasteiger partial charge in [0.05, 0.1) is 11.6 Å². The van der Waals surface area contributed by atoms with Crippen LogP contribution in [-0.4, -0.2) is 23.5 Å². The van der Waals surface area contributed by atoms with Crippen molar-refractivity contribution < 1.29 is 14.3 Å². The Bertz CT molecular complexity index is 674. The molecule has 0 saturated heterocycles. The van der Waals surface area contributed by atoms with Gasteiger partial charge < -0.3 is 10.1 Å². The lowest BCUT2D eigenvalue weighted by Gasteiger charge is -2.28. The molecule has 1 heterocycles. The third kappa shape index (κ3) is 3.78. The number of nitrogens with one attached hydrogen (secondary N) is 1. The van der Waals surface area contributed by atoms with Crippen LogP contribution in [0.15, 0.2) is 5.38 Å². The highest BCUT2D eigenvalue weighted by Gasteiger charge is 2.33. The molecule has 0 saturated carbocycles. The van der Waals surface area contributed by atoms with Gasteiger partial charge in [0.15, 0.2) is 6.10 Å². The number of rotatable bonds is 5. The fourth-order valence-electron chi connectivity index (χ4n) is 2.60. The summed E-state index contributed by atoms with van der Waals surface area (Å²) in [4.78, 5) is 25.9. The first-order valence-corrected chi connectivity index (χ1v) is 9.20. The van der Waals surface area contributed by atoms with Crippen LogP contribution in [0.1, 0.15) is 61.3 Å². The van der Waals surface area contributed by atoms with E-state index in [0.29, 0.717) is 5.56 Å². The van der Waals surface area contributed by atoms with E-state index in [0.717, 1.165) is 31.2 Å². The highest BCUT2D eigenvalue weighted by atomic mass is 32.1. The van der Waals surface area contributed by atoms with Gasteiger partial charge in [-0.1, -0.05) is 13.8 Å². The fraction of sp³-hybridized carbons (Fsp3) is 0.611. The van der Waals surface area contributed by atoms with Crippen LogP contribution in [0.4, 0.5) is 0 Å². The summed E-state index contributed by atoms with van der Waals surface area (Å²) in [5, 5.41) is 13.8. The average Bonchev–Trinajstić information content (AvgIpc) is 2.98. The van der Waals surface area contributed by atoms with Crippen molar-refractivity contribution in [3.63, 3.8) is 0 Å². The molecule has 0 spiro atoms. The number of hydrogen-bond acceptors (Lipinski definition) is 5. The predicted octanol–water partition coefficient (Wildman–Crippen LogP) is 3.23. The number of ether oxygens (including phenoxy) is 1. The van der Waals surface area contributed by atoms with Crippen LogP contribution >= 0.6 is 11.3 Å². The van der Waals surface area contributed by atoms with E-state index in [9.17, 15) is 14.9 Å². The van der Waals surface area contributed by atoms with E-state index < -0.39 is 23.5 Å². The van der Waals surface area contributed by atoms with Crippen LogP contribution in [-0.2, 0) is 22.4 Å². The van der Waals surface area contributed by atoms with E-state index in [2.05, 4.69) is 11.4 Å². The first-order chi connectivity index (χ1) is 11.3. The molecule has 1 aliphatic rings. The average molecular weight is 348 g/mol. The van der Waals surface area contributed by atoms with Gasteiger partial charge in [-0.25, -0.2) is 4.79 Å². The summed E-state index contributed by atoms with van der Waals surface area (Å²) in [6, 6.07) is 2.11. The molecule has 5 nitrogen and oxygen atoms in total. The van der Waals surface area contributed by atoms with Crippen molar-refractivity contribution in [3.05, 3.63) is 21.4 Å². The summed E-state index contributed by atoms with van der Waals surface area (Å²) in [5.41, 5.74) is 0.674. The molecule has 1 aromatic rings. The van der Waals surface area contributed by atoms with Crippen molar-refractivity contribution in [1.82, 2.24) is 5.32 Å². The Hall–Kier alpha value is -1.87. The third-order valence-electron chi connectivity index (χ3n) is 4.70. The zero-order chi connectivity index (χ0) is 17.9. The number of amides is 1. The third-order valence-corrected chi connectivity index (χ3v) is 5.79. The van der Waals surface area contributed by atoms with E-state index in [-0.39, 0.29) is 5.92 Å². The normalized spacial score (nSPS) is 17.3. The minimum absolute atomic E-state index is 0.0572. The monoisotopic (exact) mass is 348 g/mol. The zero-order valence-electron chi connectivity index (χ0n) is 14.6. The van der Waals surface area contributed by atoms with Gasteiger partial charge in [-0.05, 0) is 51.0 Å². The highest BCUT2D eigenvalue weighted by Crippen LogP contribution is 2.30. The summed E-state index contributed by atoms with van der Waals surface area (Å²) in [6.45, 7) is 6.92. The largest absolute Gasteiger partial charge is 0.449 e. The standard InChI is InChI=1S/C18H24N2O3S/c1-11(2)18(4,10-19)20-16(21)12(3)23-17(22)14-9-24-15-8-6-5-7-13(14)15/h9,11-12H,5-8H2,1-4H3,(H,20,21)/t12-,18-/m1/s1. The van der Waals surface area contributed by atoms with Crippen LogP contribution in [0, 0.1) is 17.2 Å². The lowest BCUT2D eigenvalue weighted by Crippen LogP contribution is -2.52. The van der Waals surface area contributed by atoms with Gasteiger partial charge in [0.2, 0.25) is 0 Å². The molecule has 6 heteroatoms. The second-order valence-corrected chi connectivity index (χ2v) is 7.73. The molecule has 2 atom stereocenters. The number of carbonyl (C=O) groups excluding carboxylic acids is 2. The first-order valence-electron chi connectivity index (χ1n) is 8.32. The maximum atomic E-state index is 12.4. The van der Waals surface area contributed by atoms with Gasteiger partial charge >= 0.3 is 5.97 Å². The number of esters is 1. The molecule has 1 aromatic heterocycles. The lowest BCUT2D eigenvalue weighted by molar-refractivity contribution is -0.130. The van der Waals surface area contributed by atoms with Crippen molar-refractivity contribution in [3.8, 4) is 6.07 Å². The van der Waals surface area contributed by atoms with E-state index in [1.165, 1.54) is 11.8 Å². The Morgan fingerprint density at radius 1 is 1.33 bits per heavy atom. The number of carbonyl (C=O) groups is 2. The topological polar surface area (TPSA) is 79.2 Å². The molecule has 0 bridgehead atoms. The van der Waals surface area contributed by atoms with Gasteiger partial charge in [-0.15, -0.1) is 11.3 Å². The van der Waals surface area contributed by atoms with Gasteiger partial charge in [0.25, 0.3) is 5.91 Å². The molecular formula is C18H24N2O3S. The molecule has 1 aliphatic carbocycles. The second kappa shape index (κ2) is 7.35. The number of aryl methyl sites for hydroxylation is 1. The van der Waals surface area contributed by atoms with Crippen molar-refractivity contribution in [2.24, 2.45) is 5.92 Å². The summed E-state index contributed by atoms with van der Waals surface area (Å²) in [6.07, 6.45) is 3.20. The summed E-state index contributed by atoms with van der Waals surface area (Å²) in [7, 11) is 0. The van der Waals surface area contributed by atoms with Crippen LogP contribution in [0.5, 0.6) is 0 Å². The smallest absolute Gasteiger partial charge is 0.340 e. The maximum Gasteiger partial charge on any atom is 0.340 e. The second-order valence-electron chi connectivity index (χ2n) is 6.76. The number of thiophene rings is 1. The van der Waals surface area contributed by atoms with E-state index in [4.69, 9.17) is 4.74 Å². The van der Waals surface area contributed by atoms with Crippen molar-refractivity contribution in [2.75, 3.05) is 0 Å². The van der Waals surface area contributed by atoms with Crippen LogP contribution in [0.3, 0.4) is 0 Å². The molecule has 1 N–H and O–H groups in total. The zero-order valence-corrected chi connectivity index (χ0v) is 15.5. The number of hydrogen-bond donors (Lipinski definition) is 1. The summed E-state index contributed by atoms with van der Waals surface area (Å²) < 4.78 is 5.34. The molecule has 24 heavy (non-hydrogen) atoms. The summed E-state index contributed by atoms with van der Waals surface area (Å²) in [5.74, 6) is -0.969. The Morgan fingerprint density at radius 2 is 2.00 bits per heavy atom. The molecule has 1 amide bonds. The highest BCUT2D eigenvalue weighted by molar-refractivity contribution is 7.10. The molecule has 0 aromatic carbocycles. The van der Waals surface area contributed by atoms with Gasteiger partial charge in [0, 0.05) is 10.3 Å². The fourth-order valence-corrected chi connectivity index (χ4v) is 3.72. The number of fused-ring (bicyclic) bond motifs is 1. The van der Waals surface area contributed by atoms with E-state index in [1.54, 1.807) is 18.3 Å². The minimum atomic E-state index is -0.987. The molecule has 130 valence electrons. The molecule has 2 rings (SSSR count). The van der Waals surface area contributed by atoms with E-state index in [1.807, 2.05) is 19.2 Å². The van der Waals surface area contributed by atoms with Crippen molar-refractivity contribution in [1.29, 1.82) is 5.26 Å². The molecular weight excluding hydrogens is 324 g/mol. The number of nitriles is 1. The summed E-state index contributed by atoms with van der Waals surface area (Å²) >= 11 is 1.59. The van der Waals surface area contributed by atoms with Gasteiger partial charge in [-0.3, -0.25) is 4.79 Å². The Kier molecular flexibility index (Phi) is 5.66. The van der Waals surface area contributed by atoms with Crippen LogP contribution in [0.2, 0.25) is 0 Å². The Labute approximate surface area is 147 Å². The van der Waals surface area contributed by atoms with Crippen molar-refractivity contribution >= 4 is 23.2 Å². The number of nitrogens with zero attached hydrogens (tertiary/aromatic N) is 1. The molecule has 0 aliphatic heterocycles.